The van der Waals surface area contributed by atoms with Gasteiger partial charge in [-0.05, 0) is 149 Å². The van der Waals surface area contributed by atoms with Crippen LogP contribution in [0, 0.1) is 0 Å². The number of hydrogen-bond acceptors (Lipinski definition) is 0. The van der Waals surface area contributed by atoms with Crippen molar-refractivity contribution in [2.75, 3.05) is 0 Å². The van der Waals surface area contributed by atoms with Crippen molar-refractivity contribution >= 4 is 33.1 Å². The van der Waals surface area contributed by atoms with Gasteiger partial charge in [-0.2, -0.15) is 0 Å². The van der Waals surface area contributed by atoms with E-state index in [-0.39, 0.29) is 10.8 Å². The van der Waals surface area contributed by atoms with E-state index in [1.807, 2.05) is 12.1 Å². The van der Waals surface area contributed by atoms with Gasteiger partial charge in [0.15, 0.2) is 0 Å². The molecule has 256 valence electrons. The number of hydrogen-bond donors (Lipinski definition) is 0. The SMILES string of the molecule is CC1(C)c2cc(Cc3ccccc3Cl)ccc2-c2cc3ccccc3cc21.CC1(C)c2cc3c(cc2-c2cc4ccccc4cc21)-c1ccccc1C3. The van der Waals surface area contributed by atoms with Crippen LogP contribution in [0.15, 0.2) is 152 Å². The molecule has 53 heavy (non-hydrogen) atoms. The van der Waals surface area contributed by atoms with Crippen molar-refractivity contribution in [3.8, 4) is 33.4 Å². The van der Waals surface area contributed by atoms with Crippen molar-refractivity contribution in [2.24, 2.45) is 0 Å². The molecule has 8 aromatic carbocycles. The van der Waals surface area contributed by atoms with Gasteiger partial charge in [-0.25, -0.2) is 0 Å². The van der Waals surface area contributed by atoms with Crippen molar-refractivity contribution in [3.63, 3.8) is 0 Å². The van der Waals surface area contributed by atoms with Crippen LogP contribution in [0.5, 0.6) is 0 Å². The molecule has 0 fully saturated rings. The zero-order valence-corrected chi connectivity index (χ0v) is 31.5. The maximum Gasteiger partial charge on any atom is 0.0441 e. The summed E-state index contributed by atoms with van der Waals surface area (Å²) < 4.78 is 0. The number of fused-ring (bicyclic) bond motifs is 11. The quantitative estimate of drug-likeness (QED) is 0.168. The summed E-state index contributed by atoms with van der Waals surface area (Å²) in [6.45, 7) is 9.43. The Kier molecular flexibility index (Phi) is 7.17. The van der Waals surface area contributed by atoms with Gasteiger partial charge in [0.1, 0.15) is 0 Å². The Morgan fingerprint density at radius 3 is 1.58 bits per heavy atom. The van der Waals surface area contributed by atoms with E-state index in [4.69, 9.17) is 11.6 Å². The van der Waals surface area contributed by atoms with Crippen LogP contribution < -0.4 is 0 Å². The molecule has 0 atom stereocenters. The fraction of sp³-hybridized carbons (Fsp3) is 0.154. The largest absolute Gasteiger partial charge is 0.0840 e. The summed E-state index contributed by atoms with van der Waals surface area (Å²) in [5, 5.41) is 6.13. The van der Waals surface area contributed by atoms with E-state index in [0.29, 0.717) is 0 Å². The average Bonchev–Trinajstić information content (AvgIpc) is 3.72. The van der Waals surface area contributed by atoms with Crippen molar-refractivity contribution in [1.29, 1.82) is 0 Å². The summed E-state index contributed by atoms with van der Waals surface area (Å²) in [5.74, 6) is 0. The maximum absolute atomic E-state index is 6.38. The lowest BCUT2D eigenvalue weighted by atomic mass is 9.81. The van der Waals surface area contributed by atoms with Gasteiger partial charge in [-0.3, -0.25) is 0 Å². The molecule has 0 amide bonds. The van der Waals surface area contributed by atoms with Crippen LogP contribution in [0.25, 0.3) is 54.9 Å². The molecule has 0 heterocycles. The Bertz CT molecular complexity index is 2800. The fourth-order valence-corrected chi connectivity index (χ4v) is 9.69. The number of rotatable bonds is 2. The summed E-state index contributed by atoms with van der Waals surface area (Å²) >= 11 is 6.38. The van der Waals surface area contributed by atoms with Gasteiger partial charge in [-0.15, -0.1) is 0 Å². The molecule has 0 spiro atoms. The van der Waals surface area contributed by atoms with Crippen LogP contribution in [0.1, 0.15) is 72.2 Å². The molecule has 3 aliphatic carbocycles. The van der Waals surface area contributed by atoms with E-state index in [2.05, 4.69) is 167 Å². The minimum Gasteiger partial charge on any atom is -0.0840 e. The fourth-order valence-electron chi connectivity index (χ4n) is 9.49. The minimum atomic E-state index is 0.00515. The van der Waals surface area contributed by atoms with E-state index in [1.54, 1.807) is 0 Å². The second-order valence-corrected chi connectivity index (χ2v) is 16.7. The zero-order chi connectivity index (χ0) is 36.1. The first-order valence-electron chi connectivity index (χ1n) is 18.9. The third kappa shape index (κ3) is 5.03. The van der Waals surface area contributed by atoms with Crippen molar-refractivity contribution < 1.29 is 0 Å². The Labute approximate surface area is 317 Å². The highest BCUT2D eigenvalue weighted by Gasteiger charge is 2.38. The smallest absolute Gasteiger partial charge is 0.0441 e. The summed E-state index contributed by atoms with van der Waals surface area (Å²) in [6, 6.07) is 55.7. The molecule has 0 saturated heterocycles. The van der Waals surface area contributed by atoms with Crippen molar-refractivity contribution in [1.82, 2.24) is 0 Å². The van der Waals surface area contributed by atoms with E-state index in [9.17, 15) is 0 Å². The maximum atomic E-state index is 6.38. The number of benzene rings is 8. The summed E-state index contributed by atoms with van der Waals surface area (Å²) in [7, 11) is 0. The van der Waals surface area contributed by atoms with Gasteiger partial charge in [0.25, 0.3) is 0 Å². The van der Waals surface area contributed by atoms with Gasteiger partial charge in [-0.1, -0.05) is 155 Å². The molecular formula is C52H41Cl. The Morgan fingerprint density at radius 1 is 0.415 bits per heavy atom. The first-order valence-corrected chi connectivity index (χ1v) is 19.2. The van der Waals surface area contributed by atoms with Gasteiger partial charge in [0.05, 0.1) is 0 Å². The molecule has 3 aliphatic rings. The first-order chi connectivity index (χ1) is 25.7. The molecule has 0 N–H and O–H groups in total. The summed E-state index contributed by atoms with van der Waals surface area (Å²) in [5.41, 5.74) is 19.7. The third-order valence-electron chi connectivity index (χ3n) is 12.4. The van der Waals surface area contributed by atoms with Crippen molar-refractivity contribution in [3.05, 3.63) is 201 Å². The van der Waals surface area contributed by atoms with Gasteiger partial charge >= 0.3 is 0 Å². The Balaban J connectivity index is 0.000000132. The average molecular weight is 701 g/mol. The summed E-state index contributed by atoms with van der Waals surface area (Å²) in [6.07, 6.45) is 1.93. The van der Waals surface area contributed by atoms with Crippen LogP contribution in [0.3, 0.4) is 0 Å². The van der Waals surface area contributed by atoms with Crippen LogP contribution in [-0.2, 0) is 23.7 Å². The standard InChI is InChI=1S/C26H21Cl.C26H20/c1-26(2)23-14-17(13-20-9-5-6-10-25(20)27)11-12-21(23)22-15-18-7-3-4-8-19(18)16-24(22)26;1-26(2)24-13-17-8-4-3-7-16(17)12-22(24)23-15-21-19(14-25(23)26)11-18-9-5-6-10-20(18)21/h3-12,14-16H,13H2,1-2H3;3-10,12-15H,11H2,1-2H3. The molecule has 11 rings (SSSR count). The molecule has 0 radical (unpaired) electrons. The topological polar surface area (TPSA) is 0 Å². The van der Waals surface area contributed by atoms with E-state index in [1.165, 1.54) is 99.4 Å². The van der Waals surface area contributed by atoms with E-state index >= 15 is 0 Å². The highest BCUT2D eigenvalue weighted by molar-refractivity contribution is 6.31. The molecule has 0 bridgehead atoms. The lowest BCUT2D eigenvalue weighted by Crippen LogP contribution is -2.15. The monoisotopic (exact) mass is 700 g/mol. The third-order valence-corrected chi connectivity index (χ3v) is 12.8. The minimum absolute atomic E-state index is 0.00515. The Hall–Kier alpha value is -5.43. The normalized spacial score (nSPS) is 14.8. The van der Waals surface area contributed by atoms with Crippen LogP contribution in [0.2, 0.25) is 5.02 Å². The molecule has 0 unspecified atom stereocenters. The van der Waals surface area contributed by atoms with E-state index in [0.717, 1.165) is 17.9 Å². The molecule has 0 aromatic heterocycles. The van der Waals surface area contributed by atoms with Crippen molar-refractivity contribution in [2.45, 2.75) is 51.4 Å². The second-order valence-electron chi connectivity index (χ2n) is 16.3. The van der Waals surface area contributed by atoms with Crippen LogP contribution >= 0.6 is 11.6 Å². The predicted octanol–water partition coefficient (Wildman–Crippen LogP) is 14.1. The molecular weight excluding hydrogens is 660 g/mol. The second kappa shape index (κ2) is 11.8. The molecule has 0 nitrogen and oxygen atoms in total. The highest BCUT2D eigenvalue weighted by atomic mass is 35.5. The van der Waals surface area contributed by atoms with Gasteiger partial charge in [0, 0.05) is 15.9 Å². The lowest BCUT2D eigenvalue weighted by molar-refractivity contribution is 0.660. The highest BCUT2D eigenvalue weighted by Crippen LogP contribution is 2.53. The van der Waals surface area contributed by atoms with Crippen LogP contribution in [0.4, 0.5) is 0 Å². The van der Waals surface area contributed by atoms with Gasteiger partial charge < -0.3 is 0 Å². The molecule has 8 aromatic rings. The molecule has 1 heteroatoms. The van der Waals surface area contributed by atoms with Crippen LogP contribution in [-0.4, -0.2) is 0 Å². The zero-order valence-electron chi connectivity index (χ0n) is 30.7. The lowest BCUT2D eigenvalue weighted by Gasteiger charge is -2.22. The van der Waals surface area contributed by atoms with E-state index < -0.39 is 0 Å². The molecule has 0 saturated carbocycles. The first kappa shape index (κ1) is 32.2. The summed E-state index contributed by atoms with van der Waals surface area (Å²) in [4.78, 5) is 0. The number of halogens is 1. The predicted molar refractivity (Wildman–Crippen MR) is 226 cm³/mol. The Morgan fingerprint density at radius 2 is 0.925 bits per heavy atom. The van der Waals surface area contributed by atoms with Gasteiger partial charge in [0.2, 0.25) is 0 Å². The molecule has 0 aliphatic heterocycles.